The molecule has 3 N–H and O–H groups in total. The van der Waals surface area contributed by atoms with Crippen LogP contribution >= 0.6 is 22.9 Å². The minimum Gasteiger partial charge on any atom is -0.453 e. The van der Waals surface area contributed by atoms with Gasteiger partial charge in [0.2, 0.25) is 16.0 Å². The summed E-state index contributed by atoms with van der Waals surface area (Å²) in [6.07, 6.45) is 4.37. The third-order valence-electron chi connectivity index (χ3n) is 5.12. The number of halogens is 1. The predicted octanol–water partition coefficient (Wildman–Crippen LogP) is 4.33. The molecule has 1 atom stereocenters. The average molecular weight is 537 g/mol. The van der Waals surface area contributed by atoms with E-state index in [1.807, 2.05) is 13.0 Å². The van der Waals surface area contributed by atoms with Gasteiger partial charge in [-0.25, -0.2) is 28.2 Å². The molecule has 1 aliphatic carbocycles. The maximum absolute atomic E-state index is 11.8. The van der Waals surface area contributed by atoms with Crippen LogP contribution in [0.4, 0.5) is 16.4 Å². The van der Waals surface area contributed by atoms with E-state index in [1.165, 1.54) is 7.11 Å². The SMILES string of the molecule is COC(=O)NC(C)CNc1nccc(-c2sc(C3CC3)nc2-c2cccc(NS(C)(=O)=O)c2Cl)n1. The van der Waals surface area contributed by atoms with Crippen molar-refractivity contribution in [3.8, 4) is 21.8 Å². The van der Waals surface area contributed by atoms with Gasteiger partial charge in [-0.3, -0.25) is 4.72 Å². The van der Waals surface area contributed by atoms with Gasteiger partial charge in [0.25, 0.3) is 0 Å². The first-order chi connectivity index (χ1) is 16.6. The molecule has 1 aromatic carbocycles. The van der Waals surface area contributed by atoms with Gasteiger partial charge in [-0.1, -0.05) is 23.7 Å². The highest BCUT2D eigenvalue weighted by Gasteiger charge is 2.30. The van der Waals surface area contributed by atoms with Gasteiger partial charge in [-0.05, 0) is 31.9 Å². The number of rotatable bonds is 9. The molecular formula is C22H25ClN6O4S2. The standard InChI is InChI=1S/C22H25ClN6O4S2/c1-12(26-22(30)33-2)11-25-21-24-10-9-16(27-21)19-18(28-20(34-19)13-7-8-13)14-5-4-6-15(17(14)23)29-35(3,31)32/h4-6,9-10,12-13,29H,7-8,11H2,1-3H3,(H,26,30)(H,24,25,27). The zero-order valence-electron chi connectivity index (χ0n) is 19.3. The number of sulfonamides is 1. The van der Waals surface area contributed by atoms with Gasteiger partial charge in [0.05, 0.1) is 45.3 Å². The van der Waals surface area contributed by atoms with Crippen molar-refractivity contribution in [3.05, 3.63) is 40.5 Å². The van der Waals surface area contributed by atoms with Crippen molar-refractivity contribution in [2.75, 3.05) is 29.9 Å². The number of carbonyl (C=O) groups excluding carboxylic acids is 1. The first kappa shape index (κ1) is 25.1. The molecule has 0 saturated heterocycles. The molecule has 2 heterocycles. The van der Waals surface area contributed by atoms with Crippen LogP contribution in [-0.2, 0) is 14.8 Å². The Hall–Kier alpha value is -2.96. The lowest BCUT2D eigenvalue weighted by Gasteiger charge is -2.14. The van der Waals surface area contributed by atoms with Crippen LogP contribution in [-0.4, -0.2) is 55.4 Å². The smallest absolute Gasteiger partial charge is 0.407 e. The molecule has 0 aliphatic heterocycles. The largest absolute Gasteiger partial charge is 0.453 e. The number of ether oxygens (including phenoxy) is 1. The number of nitrogens with zero attached hydrogens (tertiary/aromatic N) is 3. The van der Waals surface area contributed by atoms with E-state index < -0.39 is 16.1 Å². The van der Waals surface area contributed by atoms with Crippen molar-refractivity contribution in [1.29, 1.82) is 0 Å². The van der Waals surface area contributed by atoms with Gasteiger partial charge >= 0.3 is 6.09 Å². The van der Waals surface area contributed by atoms with Gasteiger partial charge in [0, 0.05) is 30.3 Å². The predicted molar refractivity (Wildman–Crippen MR) is 138 cm³/mol. The summed E-state index contributed by atoms with van der Waals surface area (Å²) in [5.74, 6) is 0.806. The van der Waals surface area contributed by atoms with Crippen LogP contribution in [0.25, 0.3) is 21.8 Å². The summed E-state index contributed by atoms with van der Waals surface area (Å²) in [5, 5.41) is 7.06. The van der Waals surface area contributed by atoms with E-state index in [1.54, 1.807) is 35.7 Å². The summed E-state index contributed by atoms with van der Waals surface area (Å²) >= 11 is 8.18. The second-order valence-electron chi connectivity index (χ2n) is 8.23. The normalized spacial score (nSPS) is 14.3. The fourth-order valence-corrected chi connectivity index (χ4v) is 5.42. The Morgan fingerprint density at radius 3 is 2.74 bits per heavy atom. The van der Waals surface area contributed by atoms with Gasteiger partial charge in [-0.2, -0.15) is 0 Å². The number of benzene rings is 1. The van der Waals surface area contributed by atoms with Crippen LogP contribution in [0.3, 0.4) is 0 Å². The van der Waals surface area contributed by atoms with Crippen LogP contribution in [0.5, 0.6) is 0 Å². The lowest BCUT2D eigenvalue weighted by atomic mass is 10.1. The van der Waals surface area contributed by atoms with Crippen LogP contribution in [0, 0.1) is 0 Å². The van der Waals surface area contributed by atoms with E-state index in [4.69, 9.17) is 16.6 Å². The molecule has 186 valence electrons. The van der Waals surface area contributed by atoms with Gasteiger partial charge in [0.1, 0.15) is 0 Å². The third-order valence-corrected chi connectivity index (χ3v) is 7.36. The molecule has 10 nitrogen and oxygen atoms in total. The molecule has 1 aliphatic rings. The summed E-state index contributed by atoms with van der Waals surface area (Å²) in [6, 6.07) is 6.74. The molecule has 35 heavy (non-hydrogen) atoms. The Morgan fingerprint density at radius 1 is 1.29 bits per heavy atom. The van der Waals surface area contributed by atoms with Gasteiger partial charge < -0.3 is 15.4 Å². The highest BCUT2D eigenvalue weighted by molar-refractivity contribution is 7.92. The Balaban J connectivity index is 1.66. The summed E-state index contributed by atoms with van der Waals surface area (Å²) < 4.78 is 30.6. The Morgan fingerprint density at radius 2 is 2.06 bits per heavy atom. The van der Waals surface area contributed by atoms with E-state index >= 15 is 0 Å². The highest BCUT2D eigenvalue weighted by Crippen LogP contribution is 2.48. The van der Waals surface area contributed by atoms with Crippen molar-refractivity contribution in [3.63, 3.8) is 0 Å². The zero-order valence-corrected chi connectivity index (χ0v) is 21.7. The molecule has 4 rings (SSSR count). The number of aromatic nitrogens is 3. The number of methoxy groups -OCH3 is 1. The van der Waals surface area contributed by atoms with E-state index in [9.17, 15) is 13.2 Å². The van der Waals surface area contributed by atoms with Crippen LogP contribution in [0.2, 0.25) is 5.02 Å². The number of alkyl carbamates (subject to hydrolysis) is 1. The quantitative estimate of drug-likeness (QED) is 0.368. The molecule has 13 heteroatoms. The third kappa shape index (κ3) is 6.38. The first-order valence-electron chi connectivity index (χ1n) is 10.8. The number of amides is 1. The number of hydrogen-bond donors (Lipinski definition) is 3. The molecule has 0 bridgehead atoms. The Labute approximate surface area is 212 Å². The van der Waals surface area contributed by atoms with Crippen LogP contribution in [0.15, 0.2) is 30.5 Å². The number of hydrogen-bond acceptors (Lipinski definition) is 9. The summed E-state index contributed by atoms with van der Waals surface area (Å²) in [6.45, 7) is 2.23. The fraction of sp³-hybridized carbons (Fsp3) is 0.364. The molecule has 3 aromatic rings. The Bertz CT molecular complexity index is 1340. The van der Waals surface area contributed by atoms with Crippen molar-refractivity contribution in [1.82, 2.24) is 20.3 Å². The van der Waals surface area contributed by atoms with E-state index in [0.29, 0.717) is 35.4 Å². The molecule has 1 fully saturated rings. The minimum atomic E-state index is -3.50. The van der Waals surface area contributed by atoms with E-state index in [-0.39, 0.29) is 16.8 Å². The fourth-order valence-electron chi connectivity index (χ4n) is 3.32. The van der Waals surface area contributed by atoms with Crippen molar-refractivity contribution in [2.24, 2.45) is 0 Å². The topological polar surface area (TPSA) is 135 Å². The van der Waals surface area contributed by atoms with Crippen LogP contribution in [0.1, 0.15) is 30.7 Å². The second kappa shape index (κ2) is 10.3. The number of anilines is 2. The molecular weight excluding hydrogens is 512 g/mol. The molecule has 1 saturated carbocycles. The maximum Gasteiger partial charge on any atom is 0.407 e. The monoisotopic (exact) mass is 536 g/mol. The molecule has 0 radical (unpaired) electrons. The average Bonchev–Trinajstić information content (AvgIpc) is 3.57. The van der Waals surface area contributed by atoms with Gasteiger partial charge in [0.15, 0.2) is 0 Å². The highest BCUT2D eigenvalue weighted by atomic mass is 35.5. The number of nitrogens with one attached hydrogen (secondary N) is 3. The molecule has 1 unspecified atom stereocenters. The Kier molecular flexibility index (Phi) is 7.43. The minimum absolute atomic E-state index is 0.209. The maximum atomic E-state index is 11.8. The number of thiazole rings is 1. The van der Waals surface area contributed by atoms with E-state index in [2.05, 4.69) is 30.1 Å². The van der Waals surface area contributed by atoms with Crippen LogP contribution < -0.4 is 15.4 Å². The van der Waals surface area contributed by atoms with Crippen molar-refractivity contribution < 1.29 is 17.9 Å². The second-order valence-corrected chi connectivity index (χ2v) is 11.4. The van der Waals surface area contributed by atoms with Crippen molar-refractivity contribution in [2.45, 2.75) is 31.7 Å². The first-order valence-corrected chi connectivity index (χ1v) is 13.9. The van der Waals surface area contributed by atoms with Gasteiger partial charge in [-0.15, -0.1) is 11.3 Å². The summed E-state index contributed by atoms with van der Waals surface area (Å²) in [7, 11) is -2.19. The lowest BCUT2D eigenvalue weighted by Crippen LogP contribution is -2.37. The zero-order chi connectivity index (χ0) is 25.2. The number of carbonyl (C=O) groups is 1. The summed E-state index contributed by atoms with van der Waals surface area (Å²) in [4.78, 5) is 26.0. The van der Waals surface area contributed by atoms with Crippen molar-refractivity contribution >= 4 is 50.7 Å². The van der Waals surface area contributed by atoms with E-state index in [0.717, 1.165) is 29.0 Å². The molecule has 2 aromatic heterocycles. The molecule has 0 spiro atoms. The lowest BCUT2D eigenvalue weighted by molar-refractivity contribution is 0.168. The summed E-state index contributed by atoms with van der Waals surface area (Å²) in [5.41, 5.74) is 2.20. The molecule has 1 amide bonds.